The Hall–Kier alpha value is -2.38. The van der Waals surface area contributed by atoms with E-state index in [1.165, 1.54) is 18.2 Å². The number of phenols is 1. The molecule has 0 saturated heterocycles. The number of nitriles is 1. The van der Waals surface area contributed by atoms with Crippen LogP contribution in [0.5, 0.6) is 5.75 Å². The third-order valence-corrected chi connectivity index (χ3v) is 3.12. The number of hydrogen-bond donors (Lipinski definition) is 2. The molecule has 0 aromatic heterocycles. The van der Waals surface area contributed by atoms with Gasteiger partial charge in [0.15, 0.2) is 0 Å². The van der Waals surface area contributed by atoms with Crippen LogP contribution in [0, 0.1) is 17.1 Å². The van der Waals surface area contributed by atoms with Gasteiger partial charge < -0.3 is 10.4 Å². The van der Waals surface area contributed by atoms with Crippen LogP contribution in [0.25, 0.3) is 0 Å². The van der Waals surface area contributed by atoms with Gasteiger partial charge in [0.2, 0.25) is 0 Å². The molecule has 0 heterocycles. The Kier molecular flexibility index (Phi) is 4.34. The van der Waals surface area contributed by atoms with Gasteiger partial charge in [-0.2, -0.15) is 5.26 Å². The van der Waals surface area contributed by atoms with Crippen molar-refractivity contribution in [1.29, 1.82) is 5.26 Å². The first-order chi connectivity index (χ1) is 9.60. The molecule has 0 fully saturated rings. The highest BCUT2D eigenvalue weighted by atomic mass is 19.1. The Bertz CT molecular complexity index is 649. The van der Waals surface area contributed by atoms with E-state index in [4.69, 9.17) is 5.26 Å². The number of nitrogens with zero attached hydrogens (tertiary/aromatic N) is 1. The van der Waals surface area contributed by atoms with E-state index in [9.17, 15) is 9.50 Å². The maximum atomic E-state index is 13.2. The molecule has 0 aliphatic rings. The lowest BCUT2D eigenvalue weighted by Crippen LogP contribution is -2.18. The van der Waals surface area contributed by atoms with E-state index in [-0.39, 0.29) is 17.6 Å². The smallest absolute Gasteiger partial charge is 0.123 e. The van der Waals surface area contributed by atoms with Crippen LogP contribution in [0.2, 0.25) is 0 Å². The van der Waals surface area contributed by atoms with Gasteiger partial charge in [-0.3, -0.25) is 0 Å². The fourth-order valence-electron chi connectivity index (χ4n) is 2.00. The van der Waals surface area contributed by atoms with Crippen molar-refractivity contribution >= 4 is 0 Å². The molecule has 102 valence electrons. The van der Waals surface area contributed by atoms with Gasteiger partial charge in [-0.1, -0.05) is 12.1 Å². The summed E-state index contributed by atoms with van der Waals surface area (Å²) in [5.74, 6) is -0.310. The molecule has 0 saturated carbocycles. The second kappa shape index (κ2) is 6.18. The predicted octanol–water partition coefficient (Wildman–Crippen LogP) is 3.25. The van der Waals surface area contributed by atoms with E-state index in [2.05, 4.69) is 11.4 Å². The van der Waals surface area contributed by atoms with Gasteiger partial charge in [0, 0.05) is 18.2 Å². The molecule has 4 heteroatoms. The van der Waals surface area contributed by atoms with Crippen molar-refractivity contribution in [2.24, 2.45) is 0 Å². The zero-order valence-corrected chi connectivity index (χ0v) is 11.1. The third-order valence-electron chi connectivity index (χ3n) is 3.12. The summed E-state index contributed by atoms with van der Waals surface area (Å²) in [6.45, 7) is 2.38. The normalized spacial score (nSPS) is 11.8. The number of halogens is 1. The highest BCUT2D eigenvalue weighted by Crippen LogP contribution is 2.24. The molecule has 20 heavy (non-hydrogen) atoms. The standard InChI is InChI=1S/C16H15FN2O/c1-11(15-8-14(17)5-6-16(15)20)19-10-13-4-2-3-12(7-13)9-18/h2-8,11,19-20H,10H2,1H3. The van der Waals surface area contributed by atoms with E-state index in [0.717, 1.165) is 5.56 Å². The van der Waals surface area contributed by atoms with Crippen LogP contribution in [0.4, 0.5) is 4.39 Å². The maximum Gasteiger partial charge on any atom is 0.123 e. The Morgan fingerprint density at radius 1 is 1.30 bits per heavy atom. The molecule has 2 aromatic rings. The number of nitrogens with one attached hydrogen (secondary N) is 1. The molecule has 0 amide bonds. The molecule has 0 aliphatic heterocycles. The number of benzene rings is 2. The molecule has 0 bridgehead atoms. The number of hydrogen-bond acceptors (Lipinski definition) is 3. The zero-order chi connectivity index (χ0) is 14.5. The van der Waals surface area contributed by atoms with Gasteiger partial charge >= 0.3 is 0 Å². The average molecular weight is 270 g/mol. The van der Waals surface area contributed by atoms with Gasteiger partial charge in [0.05, 0.1) is 11.6 Å². The Morgan fingerprint density at radius 3 is 2.85 bits per heavy atom. The van der Waals surface area contributed by atoms with Crippen molar-refractivity contribution < 1.29 is 9.50 Å². The molecule has 3 nitrogen and oxygen atoms in total. The number of phenolic OH excluding ortho intramolecular Hbond substituents is 1. The monoisotopic (exact) mass is 270 g/mol. The zero-order valence-electron chi connectivity index (χ0n) is 11.1. The summed E-state index contributed by atoms with van der Waals surface area (Å²) in [6.07, 6.45) is 0. The van der Waals surface area contributed by atoms with Gasteiger partial charge in [-0.25, -0.2) is 4.39 Å². The van der Waals surface area contributed by atoms with E-state index >= 15 is 0 Å². The van der Waals surface area contributed by atoms with Crippen LogP contribution in [0.3, 0.4) is 0 Å². The molecular weight excluding hydrogens is 255 g/mol. The first kappa shape index (κ1) is 14.0. The Balaban J connectivity index is 2.06. The van der Waals surface area contributed by atoms with Crippen molar-refractivity contribution in [1.82, 2.24) is 5.32 Å². The fraction of sp³-hybridized carbons (Fsp3) is 0.188. The highest BCUT2D eigenvalue weighted by molar-refractivity contribution is 5.35. The van der Waals surface area contributed by atoms with Crippen LogP contribution < -0.4 is 5.32 Å². The van der Waals surface area contributed by atoms with E-state index < -0.39 is 0 Å². The molecule has 2 rings (SSSR count). The third kappa shape index (κ3) is 3.34. The van der Waals surface area contributed by atoms with Gasteiger partial charge in [0.25, 0.3) is 0 Å². The first-order valence-corrected chi connectivity index (χ1v) is 6.31. The topological polar surface area (TPSA) is 56.0 Å². The summed E-state index contributed by atoms with van der Waals surface area (Å²) in [5, 5.41) is 21.8. The van der Waals surface area contributed by atoms with Crippen molar-refractivity contribution in [3.8, 4) is 11.8 Å². The lowest BCUT2D eigenvalue weighted by molar-refractivity contribution is 0.449. The van der Waals surface area contributed by atoms with Crippen molar-refractivity contribution in [2.75, 3.05) is 0 Å². The van der Waals surface area contributed by atoms with Crippen molar-refractivity contribution in [2.45, 2.75) is 19.5 Å². The lowest BCUT2D eigenvalue weighted by atomic mass is 10.1. The number of aromatic hydroxyl groups is 1. The molecule has 2 N–H and O–H groups in total. The molecule has 1 unspecified atom stereocenters. The predicted molar refractivity (Wildman–Crippen MR) is 74.5 cm³/mol. The lowest BCUT2D eigenvalue weighted by Gasteiger charge is -2.16. The first-order valence-electron chi connectivity index (χ1n) is 6.31. The highest BCUT2D eigenvalue weighted by Gasteiger charge is 2.11. The largest absolute Gasteiger partial charge is 0.508 e. The summed E-state index contributed by atoms with van der Waals surface area (Å²) in [7, 11) is 0. The molecule has 0 radical (unpaired) electrons. The second-order valence-electron chi connectivity index (χ2n) is 4.62. The van der Waals surface area contributed by atoms with Gasteiger partial charge in [0.1, 0.15) is 11.6 Å². The summed E-state index contributed by atoms with van der Waals surface area (Å²) in [4.78, 5) is 0. The molecule has 1 atom stereocenters. The van der Waals surface area contributed by atoms with Crippen LogP contribution in [-0.4, -0.2) is 5.11 Å². The molecule has 0 spiro atoms. The Labute approximate surface area is 117 Å². The van der Waals surface area contributed by atoms with Crippen LogP contribution >= 0.6 is 0 Å². The van der Waals surface area contributed by atoms with Crippen LogP contribution in [-0.2, 0) is 6.54 Å². The summed E-state index contributed by atoms with van der Waals surface area (Å²) in [5.41, 5.74) is 2.08. The minimum Gasteiger partial charge on any atom is -0.508 e. The Morgan fingerprint density at radius 2 is 2.10 bits per heavy atom. The average Bonchev–Trinajstić information content (AvgIpc) is 2.47. The van der Waals surface area contributed by atoms with Gasteiger partial charge in [-0.05, 0) is 42.8 Å². The minimum atomic E-state index is -0.377. The van der Waals surface area contributed by atoms with Crippen molar-refractivity contribution in [3.63, 3.8) is 0 Å². The van der Waals surface area contributed by atoms with E-state index in [0.29, 0.717) is 17.7 Å². The van der Waals surface area contributed by atoms with Crippen LogP contribution in [0.15, 0.2) is 42.5 Å². The van der Waals surface area contributed by atoms with E-state index in [1.54, 1.807) is 12.1 Å². The minimum absolute atomic E-state index is 0.0668. The quantitative estimate of drug-likeness (QED) is 0.896. The number of rotatable bonds is 4. The molecular formula is C16H15FN2O. The molecule has 2 aromatic carbocycles. The summed E-state index contributed by atoms with van der Waals surface area (Å²) < 4.78 is 13.2. The second-order valence-corrected chi connectivity index (χ2v) is 4.62. The molecule has 0 aliphatic carbocycles. The van der Waals surface area contributed by atoms with Crippen molar-refractivity contribution in [3.05, 3.63) is 65.0 Å². The fourth-order valence-corrected chi connectivity index (χ4v) is 2.00. The summed E-state index contributed by atoms with van der Waals surface area (Å²) >= 11 is 0. The van der Waals surface area contributed by atoms with E-state index in [1.807, 2.05) is 19.1 Å². The maximum absolute atomic E-state index is 13.2. The SMILES string of the molecule is CC(NCc1cccc(C#N)c1)c1cc(F)ccc1O. The van der Waals surface area contributed by atoms with Crippen LogP contribution in [0.1, 0.15) is 29.7 Å². The van der Waals surface area contributed by atoms with Gasteiger partial charge in [-0.15, -0.1) is 0 Å². The summed E-state index contributed by atoms with van der Waals surface area (Å²) in [6, 6.07) is 13.0.